The van der Waals surface area contributed by atoms with Crippen molar-refractivity contribution in [1.82, 2.24) is 25.4 Å². The van der Waals surface area contributed by atoms with Gasteiger partial charge in [0.1, 0.15) is 35.9 Å². The molecular formula is C53H61N5O8S2. The summed E-state index contributed by atoms with van der Waals surface area (Å²) in [6.45, 7) is 14.2. The maximum Gasteiger partial charge on any atom is 0.246 e. The summed E-state index contributed by atoms with van der Waals surface area (Å²) in [5, 5.41) is 37.4. The third-order valence-electron chi connectivity index (χ3n) is 12.5. The van der Waals surface area contributed by atoms with E-state index >= 15 is 0 Å². The number of thiazole rings is 1. The van der Waals surface area contributed by atoms with Gasteiger partial charge in [-0.25, -0.2) is 4.98 Å². The summed E-state index contributed by atoms with van der Waals surface area (Å²) in [5.41, 5.74) is 5.90. The zero-order chi connectivity index (χ0) is 48.7. The van der Waals surface area contributed by atoms with E-state index < -0.39 is 29.5 Å². The zero-order valence-corrected chi connectivity index (χ0v) is 41.1. The van der Waals surface area contributed by atoms with Crippen molar-refractivity contribution in [2.24, 2.45) is 5.41 Å². The minimum Gasteiger partial charge on any atom is -0.508 e. The summed E-state index contributed by atoms with van der Waals surface area (Å²) < 4.78 is 6.86. The van der Waals surface area contributed by atoms with Crippen LogP contribution in [-0.4, -0.2) is 105 Å². The number of likely N-dealkylation sites (N-methyl/N-ethyl adjacent to an activating group) is 1. The van der Waals surface area contributed by atoms with E-state index in [0.717, 1.165) is 61.7 Å². The van der Waals surface area contributed by atoms with E-state index in [1.165, 1.54) is 16.2 Å². The second-order valence-corrected chi connectivity index (χ2v) is 20.4. The van der Waals surface area contributed by atoms with Gasteiger partial charge in [0.25, 0.3) is 0 Å². The molecule has 0 radical (unpaired) electrons. The van der Waals surface area contributed by atoms with E-state index in [-0.39, 0.29) is 54.5 Å². The van der Waals surface area contributed by atoms with Gasteiger partial charge in [0.2, 0.25) is 17.7 Å². The van der Waals surface area contributed by atoms with E-state index in [1.54, 1.807) is 78.1 Å². The molecule has 7 rings (SSSR count). The van der Waals surface area contributed by atoms with Crippen molar-refractivity contribution in [3.8, 4) is 38.1 Å². The molecule has 15 heteroatoms. The standard InChI is InChI=1S/C53H61N5O8S2/c1-7-57(26-27-66-41-22-17-35(18-23-41)47(63)46-42-24-21-39(60)29-44(42)68-49(46)37-15-19-38(59)20-16-37)25-9-8-10-45(62)56-50(53(4,5)6)52(65)58-30-40(61)28-43(58)51(64)55-32(2)34-11-13-36(14-12-34)48-33(3)54-31-67-48/h11-24,29,31-32,40,43,50,59-61H,7-10,25-28,30H2,1-6H3,(H,55,64)(H,56,62)/t32-,40+,43-,50?/m0/s1. The average Bonchev–Trinajstić information content (AvgIpc) is 4.04. The third kappa shape index (κ3) is 11.9. The normalized spacial score (nSPS) is 15.9. The zero-order valence-electron chi connectivity index (χ0n) is 39.5. The Morgan fingerprint density at radius 2 is 1.56 bits per heavy atom. The quantitative estimate of drug-likeness (QED) is 0.0389. The van der Waals surface area contributed by atoms with Crippen LogP contribution in [0.4, 0.5) is 0 Å². The van der Waals surface area contributed by atoms with Crippen molar-refractivity contribution in [3.05, 3.63) is 119 Å². The van der Waals surface area contributed by atoms with E-state index in [1.807, 2.05) is 64.4 Å². The molecule has 0 spiro atoms. The van der Waals surface area contributed by atoms with Gasteiger partial charge in [0.05, 0.1) is 28.2 Å². The molecule has 6 aromatic rings. The van der Waals surface area contributed by atoms with E-state index in [2.05, 4.69) is 27.4 Å². The number of fused-ring (bicyclic) bond motifs is 1. The van der Waals surface area contributed by atoms with Crippen LogP contribution < -0.4 is 15.4 Å². The fraction of sp³-hybridized carbons (Fsp3) is 0.377. The Bertz CT molecular complexity index is 2710. The molecule has 5 N–H and O–H groups in total. The van der Waals surface area contributed by atoms with Crippen LogP contribution >= 0.6 is 22.7 Å². The van der Waals surface area contributed by atoms with Crippen LogP contribution in [0.15, 0.2) is 96.5 Å². The first kappa shape index (κ1) is 49.8. The fourth-order valence-electron chi connectivity index (χ4n) is 8.56. The van der Waals surface area contributed by atoms with Gasteiger partial charge in [-0.2, -0.15) is 0 Å². The topological polar surface area (TPSA) is 182 Å². The molecule has 0 aliphatic carbocycles. The number of aromatic hydroxyl groups is 2. The number of amides is 3. The van der Waals surface area contributed by atoms with Crippen molar-refractivity contribution in [2.45, 2.75) is 91.5 Å². The number of hydrogen-bond donors (Lipinski definition) is 5. The van der Waals surface area contributed by atoms with Crippen LogP contribution in [0, 0.1) is 12.3 Å². The summed E-state index contributed by atoms with van der Waals surface area (Å²) in [6.07, 6.45) is 0.827. The number of nitrogens with one attached hydrogen (secondary N) is 2. The highest BCUT2D eigenvalue weighted by Crippen LogP contribution is 2.42. The second-order valence-electron chi connectivity index (χ2n) is 18.5. The van der Waals surface area contributed by atoms with Gasteiger partial charge in [-0.05, 0) is 129 Å². The number of ether oxygens (including phenoxy) is 1. The molecule has 2 aromatic heterocycles. The molecule has 68 heavy (non-hydrogen) atoms. The highest BCUT2D eigenvalue weighted by molar-refractivity contribution is 7.22. The van der Waals surface area contributed by atoms with E-state index in [0.29, 0.717) is 36.4 Å². The lowest BCUT2D eigenvalue weighted by atomic mass is 9.85. The summed E-state index contributed by atoms with van der Waals surface area (Å²) in [7, 11) is 0. The Balaban J connectivity index is 0.869. The Labute approximate surface area is 405 Å². The largest absolute Gasteiger partial charge is 0.508 e. The van der Waals surface area contributed by atoms with Gasteiger partial charge in [-0.3, -0.25) is 19.2 Å². The summed E-state index contributed by atoms with van der Waals surface area (Å²) in [4.78, 5) is 65.1. The highest BCUT2D eigenvalue weighted by atomic mass is 32.1. The monoisotopic (exact) mass is 959 g/mol. The summed E-state index contributed by atoms with van der Waals surface area (Å²) in [5.74, 6) is -0.274. The molecule has 4 aromatic carbocycles. The lowest BCUT2D eigenvalue weighted by molar-refractivity contribution is -0.144. The molecule has 1 aliphatic rings. The highest BCUT2D eigenvalue weighted by Gasteiger charge is 2.44. The smallest absolute Gasteiger partial charge is 0.246 e. The summed E-state index contributed by atoms with van der Waals surface area (Å²) in [6, 6.07) is 24.6. The molecule has 3 heterocycles. The number of carbonyl (C=O) groups excluding carboxylic acids is 4. The maximum atomic E-state index is 14.2. The average molecular weight is 960 g/mol. The number of aromatic nitrogens is 1. The van der Waals surface area contributed by atoms with Gasteiger partial charge < -0.3 is 40.5 Å². The SMILES string of the molecule is CCN(CCCCC(=O)NC(C(=O)N1C[C@H](O)C[C@H]1C(=O)N[C@@H](C)c1ccc(-c2scnc2C)cc1)C(C)(C)C)CCOc1ccc(C(=O)c2c(-c3ccc(O)cc3)sc3cc(O)ccc23)cc1. The number of hydrogen-bond acceptors (Lipinski definition) is 12. The molecule has 3 amide bonds. The van der Waals surface area contributed by atoms with Crippen molar-refractivity contribution in [1.29, 1.82) is 0 Å². The summed E-state index contributed by atoms with van der Waals surface area (Å²) >= 11 is 2.99. The second kappa shape index (κ2) is 21.9. The number of aryl methyl sites for hydroxylation is 1. The third-order valence-corrected chi connectivity index (χ3v) is 14.6. The van der Waals surface area contributed by atoms with Crippen molar-refractivity contribution < 1.29 is 39.2 Å². The first-order valence-electron chi connectivity index (χ1n) is 23.1. The number of unbranched alkanes of at least 4 members (excludes halogenated alkanes) is 1. The molecule has 1 unspecified atom stereocenters. The minimum atomic E-state index is -0.902. The number of thiophene rings is 1. The maximum absolute atomic E-state index is 14.2. The number of likely N-dealkylation sites (tertiary alicyclic amines) is 1. The first-order chi connectivity index (χ1) is 32.5. The number of carbonyl (C=O) groups is 4. The molecule has 1 fully saturated rings. The Morgan fingerprint density at radius 3 is 2.22 bits per heavy atom. The fourth-order valence-corrected chi connectivity index (χ4v) is 10.6. The number of phenols is 2. The number of β-amino-alcohol motifs (C(OH)–C–C–N with tert-alkyl or cyclic N) is 1. The van der Waals surface area contributed by atoms with Crippen LogP contribution in [0.1, 0.15) is 93.5 Å². The number of phenolic OH excluding ortho intramolecular Hbond substituents is 2. The number of aliphatic hydroxyl groups is 1. The Morgan fingerprint density at radius 1 is 0.882 bits per heavy atom. The number of aliphatic hydroxyl groups excluding tert-OH is 1. The van der Waals surface area contributed by atoms with Gasteiger partial charge in [-0.1, -0.05) is 52.0 Å². The molecule has 13 nitrogen and oxygen atoms in total. The van der Waals surface area contributed by atoms with Gasteiger partial charge >= 0.3 is 0 Å². The number of benzene rings is 4. The van der Waals surface area contributed by atoms with Crippen molar-refractivity contribution in [2.75, 3.05) is 32.8 Å². The first-order valence-corrected chi connectivity index (χ1v) is 24.8. The molecular weight excluding hydrogens is 899 g/mol. The van der Waals surface area contributed by atoms with Crippen LogP contribution in [-0.2, 0) is 14.4 Å². The molecule has 0 saturated carbocycles. The Kier molecular flexibility index (Phi) is 16.0. The molecule has 358 valence electrons. The predicted molar refractivity (Wildman–Crippen MR) is 268 cm³/mol. The number of ketones is 1. The van der Waals surface area contributed by atoms with Crippen LogP contribution in [0.3, 0.4) is 0 Å². The lowest BCUT2D eigenvalue weighted by Gasteiger charge is -2.35. The molecule has 4 atom stereocenters. The lowest BCUT2D eigenvalue weighted by Crippen LogP contribution is -2.57. The molecule has 1 aliphatic heterocycles. The number of rotatable bonds is 19. The van der Waals surface area contributed by atoms with Gasteiger partial charge in [0, 0.05) is 52.0 Å². The van der Waals surface area contributed by atoms with Gasteiger partial charge in [-0.15, -0.1) is 22.7 Å². The number of nitrogens with zero attached hydrogens (tertiary/aromatic N) is 3. The van der Waals surface area contributed by atoms with E-state index in [9.17, 15) is 34.5 Å². The van der Waals surface area contributed by atoms with Crippen LogP contribution in [0.2, 0.25) is 0 Å². The van der Waals surface area contributed by atoms with Gasteiger partial charge in [0.15, 0.2) is 5.78 Å². The minimum absolute atomic E-state index is 0.00248. The van der Waals surface area contributed by atoms with Crippen molar-refractivity contribution >= 4 is 56.3 Å². The molecule has 0 bridgehead atoms. The predicted octanol–water partition coefficient (Wildman–Crippen LogP) is 8.88. The van der Waals surface area contributed by atoms with E-state index in [4.69, 9.17) is 4.74 Å². The van der Waals surface area contributed by atoms with Crippen LogP contribution in [0.5, 0.6) is 17.2 Å². The Hall–Kier alpha value is -6.13. The molecule has 1 saturated heterocycles. The van der Waals surface area contributed by atoms with Crippen molar-refractivity contribution in [3.63, 3.8) is 0 Å². The van der Waals surface area contributed by atoms with Crippen LogP contribution in [0.25, 0.3) is 31.0 Å².